The lowest BCUT2D eigenvalue weighted by atomic mass is 10.2. The van der Waals surface area contributed by atoms with E-state index in [0.29, 0.717) is 5.25 Å². The minimum Gasteiger partial charge on any atom is -0.224 e. The number of aromatic nitrogens is 4. The molecule has 0 aliphatic carbocycles. The Hall–Kier alpha value is -1.07. The van der Waals surface area contributed by atoms with E-state index in [1.807, 2.05) is 31.3 Å². The molecular formula is C10H11ClN4S. The minimum atomic E-state index is 0.293. The maximum Gasteiger partial charge on any atom is 0.209 e. The molecule has 0 aliphatic heterocycles. The summed E-state index contributed by atoms with van der Waals surface area (Å²) in [4.78, 5) is 0. The number of hydrogen-bond donors (Lipinski definition) is 0. The zero-order chi connectivity index (χ0) is 11.5. The number of aryl methyl sites for hydroxylation is 1. The summed E-state index contributed by atoms with van der Waals surface area (Å²) in [6.45, 7) is 2.11. The quantitative estimate of drug-likeness (QED) is 0.790. The Morgan fingerprint density at radius 3 is 2.56 bits per heavy atom. The van der Waals surface area contributed by atoms with Crippen LogP contribution < -0.4 is 0 Å². The Balaban J connectivity index is 2.11. The Bertz CT molecular complexity index is 468. The van der Waals surface area contributed by atoms with Gasteiger partial charge in [-0.05, 0) is 35.0 Å². The molecular weight excluding hydrogens is 244 g/mol. The van der Waals surface area contributed by atoms with E-state index in [-0.39, 0.29) is 0 Å². The number of thioether (sulfide) groups is 1. The molecule has 1 aromatic heterocycles. The number of hydrogen-bond acceptors (Lipinski definition) is 4. The molecule has 16 heavy (non-hydrogen) atoms. The maximum absolute atomic E-state index is 5.84. The molecule has 6 heteroatoms. The topological polar surface area (TPSA) is 43.6 Å². The van der Waals surface area contributed by atoms with Crippen LogP contribution in [0, 0.1) is 0 Å². The van der Waals surface area contributed by atoms with E-state index in [2.05, 4.69) is 22.4 Å². The summed E-state index contributed by atoms with van der Waals surface area (Å²) in [5.74, 6) is 0. The van der Waals surface area contributed by atoms with Crippen LogP contribution in [0.5, 0.6) is 0 Å². The van der Waals surface area contributed by atoms with Crippen molar-refractivity contribution >= 4 is 23.4 Å². The van der Waals surface area contributed by atoms with Crippen LogP contribution in [-0.2, 0) is 7.05 Å². The third-order valence-electron chi connectivity index (χ3n) is 2.20. The molecule has 0 radical (unpaired) electrons. The summed E-state index contributed by atoms with van der Waals surface area (Å²) >= 11 is 7.46. The second-order valence-corrected chi connectivity index (χ2v) is 5.14. The van der Waals surface area contributed by atoms with Gasteiger partial charge in [0.1, 0.15) is 0 Å². The molecule has 2 rings (SSSR count). The first-order chi connectivity index (χ1) is 7.66. The fourth-order valence-electron chi connectivity index (χ4n) is 1.28. The van der Waals surface area contributed by atoms with Crippen LogP contribution >= 0.6 is 23.4 Å². The van der Waals surface area contributed by atoms with Gasteiger partial charge in [0.05, 0.1) is 0 Å². The summed E-state index contributed by atoms with van der Waals surface area (Å²) in [6.07, 6.45) is 0. The van der Waals surface area contributed by atoms with Gasteiger partial charge in [0.2, 0.25) is 5.16 Å². The van der Waals surface area contributed by atoms with Crippen molar-refractivity contribution in [3.63, 3.8) is 0 Å². The molecule has 1 unspecified atom stereocenters. The van der Waals surface area contributed by atoms with Crippen molar-refractivity contribution in [3.8, 4) is 0 Å². The SMILES string of the molecule is CC(Sc1nnnn1C)c1ccc(Cl)cc1. The molecule has 1 heterocycles. The van der Waals surface area contributed by atoms with Crippen LogP contribution in [0.1, 0.15) is 17.7 Å². The van der Waals surface area contributed by atoms with Crippen LogP contribution in [0.15, 0.2) is 29.4 Å². The standard InChI is InChI=1S/C10H11ClN4S/c1-7(8-3-5-9(11)6-4-8)16-10-12-13-14-15(10)2/h3-7H,1-2H3. The van der Waals surface area contributed by atoms with Crippen LogP contribution in [0.25, 0.3) is 0 Å². The first-order valence-corrected chi connectivity index (χ1v) is 6.07. The zero-order valence-corrected chi connectivity index (χ0v) is 10.5. The van der Waals surface area contributed by atoms with Gasteiger partial charge in [-0.2, -0.15) is 0 Å². The van der Waals surface area contributed by atoms with Gasteiger partial charge in [-0.25, -0.2) is 4.68 Å². The van der Waals surface area contributed by atoms with Gasteiger partial charge in [0, 0.05) is 17.3 Å². The Kier molecular flexibility index (Phi) is 3.46. The predicted octanol–water partition coefficient (Wildman–Crippen LogP) is 2.72. The number of halogens is 1. The first-order valence-electron chi connectivity index (χ1n) is 4.81. The zero-order valence-electron chi connectivity index (χ0n) is 8.96. The van der Waals surface area contributed by atoms with Gasteiger partial charge in [0.25, 0.3) is 0 Å². The average Bonchev–Trinajstić information content (AvgIpc) is 2.65. The highest BCUT2D eigenvalue weighted by Gasteiger charge is 2.11. The highest BCUT2D eigenvalue weighted by molar-refractivity contribution is 7.99. The van der Waals surface area contributed by atoms with Crippen molar-refractivity contribution in [3.05, 3.63) is 34.9 Å². The van der Waals surface area contributed by atoms with Gasteiger partial charge in [0.15, 0.2) is 0 Å². The van der Waals surface area contributed by atoms with Gasteiger partial charge < -0.3 is 0 Å². The third-order valence-corrected chi connectivity index (χ3v) is 3.64. The fraction of sp³-hybridized carbons (Fsp3) is 0.300. The number of benzene rings is 1. The number of tetrazole rings is 1. The normalized spacial score (nSPS) is 12.7. The predicted molar refractivity (Wildman–Crippen MR) is 64.5 cm³/mol. The van der Waals surface area contributed by atoms with E-state index in [4.69, 9.17) is 11.6 Å². The highest BCUT2D eigenvalue weighted by atomic mass is 35.5. The van der Waals surface area contributed by atoms with Crippen molar-refractivity contribution in [1.82, 2.24) is 20.2 Å². The molecule has 0 spiro atoms. The van der Waals surface area contributed by atoms with E-state index in [9.17, 15) is 0 Å². The highest BCUT2D eigenvalue weighted by Crippen LogP contribution is 2.33. The molecule has 1 aromatic carbocycles. The summed E-state index contributed by atoms with van der Waals surface area (Å²) in [6, 6.07) is 7.82. The summed E-state index contributed by atoms with van der Waals surface area (Å²) in [7, 11) is 1.83. The van der Waals surface area contributed by atoms with Gasteiger partial charge in [-0.3, -0.25) is 0 Å². The molecule has 0 fully saturated rings. The van der Waals surface area contributed by atoms with E-state index in [1.54, 1.807) is 16.4 Å². The Morgan fingerprint density at radius 1 is 1.31 bits per heavy atom. The van der Waals surface area contributed by atoms with E-state index >= 15 is 0 Å². The number of nitrogens with zero attached hydrogens (tertiary/aromatic N) is 4. The maximum atomic E-state index is 5.84. The van der Waals surface area contributed by atoms with Gasteiger partial charge in [-0.15, -0.1) is 5.10 Å². The van der Waals surface area contributed by atoms with Gasteiger partial charge >= 0.3 is 0 Å². The van der Waals surface area contributed by atoms with E-state index in [0.717, 1.165) is 10.2 Å². The summed E-state index contributed by atoms with van der Waals surface area (Å²) in [5.41, 5.74) is 1.21. The van der Waals surface area contributed by atoms with Crippen molar-refractivity contribution in [1.29, 1.82) is 0 Å². The summed E-state index contributed by atoms with van der Waals surface area (Å²) < 4.78 is 1.66. The Labute approximate surface area is 103 Å². The lowest BCUT2D eigenvalue weighted by Crippen LogP contribution is -1.95. The molecule has 4 nitrogen and oxygen atoms in total. The second kappa shape index (κ2) is 4.84. The smallest absolute Gasteiger partial charge is 0.209 e. The van der Waals surface area contributed by atoms with Crippen molar-refractivity contribution in [2.24, 2.45) is 7.05 Å². The fourth-order valence-corrected chi connectivity index (χ4v) is 2.29. The minimum absolute atomic E-state index is 0.293. The molecule has 84 valence electrons. The molecule has 1 atom stereocenters. The van der Waals surface area contributed by atoms with Crippen molar-refractivity contribution < 1.29 is 0 Å². The molecule has 0 bridgehead atoms. The van der Waals surface area contributed by atoms with E-state index < -0.39 is 0 Å². The summed E-state index contributed by atoms with van der Waals surface area (Å²) in [5, 5.41) is 13.2. The van der Waals surface area contributed by atoms with Crippen molar-refractivity contribution in [2.75, 3.05) is 0 Å². The number of rotatable bonds is 3. The third kappa shape index (κ3) is 2.54. The van der Waals surface area contributed by atoms with Crippen LogP contribution in [0.2, 0.25) is 5.02 Å². The monoisotopic (exact) mass is 254 g/mol. The molecule has 0 saturated carbocycles. The molecule has 2 aromatic rings. The van der Waals surface area contributed by atoms with E-state index in [1.165, 1.54) is 5.56 Å². The van der Waals surface area contributed by atoms with Crippen LogP contribution in [0.3, 0.4) is 0 Å². The lowest BCUT2D eigenvalue weighted by Gasteiger charge is -2.09. The largest absolute Gasteiger partial charge is 0.224 e. The van der Waals surface area contributed by atoms with Gasteiger partial charge in [-0.1, -0.05) is 35.5 Å². The first kappa shape index (κ1) is 11.4. The van der Waals surface area contributed by atoms with Crippen LogP contribution in [-0.4, -0.2) is 20.2 Å². The molecule has 0 saturated heterocycles. The molecule has 0 N–H and O–H groups in total. The van der Waals surface area contributed by atoms with Crippen molar-refractivity contribution in [2.45, 2.75) is 17.3 Å². The molecule has 0 amide bonds. The Morgan fingerprint density at radius 2 is 2.00 bits per heavy atom. The average molecular weight is 255 g/mol. The van der Waals surface area contributed by atoms with Crippen LogP contribution in [0.4, 0.5) is 0 Å². The second-order valence-electron chi connectivity index (χ2n) is 3.40. The lowest BCUT2D eigenvalue weighted by molar-refractivity contribution is 0.663. The molecule has 0 aliphatic rings.